The van der Waals surface area contributed by atoms with Crippen LogP contribution in [0.25, 0.3) is 0 Å². The molecule has 4 amide bonds. The summed E-state index contributed by atoms with van der Waals surface area (Å²) in [5.74, 6) is -0.818. The van der Waals surface area contributed by atoms with Crippen molar-refractivity contribution in [2.75, 3.05) is 11.9 Å². The molecular formula is C16H20ClN3O3. The second-order valence-corrected chi connectivity index (χ2v) is 6.27. The average molecular weight is 338 g/mol. The van der Waals surface area contributed by atoms with Gasteiger partial charge in [0.2, 0.25) is 5.91 Å². The molecule has 2 N–H and O–H groups in total. The van der Waals surface area contributed by atoms with E-state index in [9.17, 15) is 14.4 Å². The number of nitrogens with zero attached hydrogens (tertiary/aromatic N) is 1. The summed E-state index contributed by atoms with van der Waals surface area (Å²) in [5.41, 5.74) is 0.361. The summed E-state index contributed by atoms with van der Waals surface area (Å²) in [6.45, 7) is 5.07. The van der Waals surface area contributed by atoms with E-state index < -0.39 is 17.5 Å². The highest BCUT2D eigenvalue weighted by atomic mass is 35.5. The zero-order valence-electron chi connectivity index (χ0n) is 13.4. The third-order valence-corrected chi connectivity index (χ3v) is 4.35. The Bertz CT molecular complexity index is 662. The molecule has 1 aromatic rings. The fourth-order valence-electron chi connectivity index (χ4n) is 2.64. The number of carbonyl (C=O) groups is 3. The molecule has 1 aliphatic rings. The van der Waals surface area contributed by atoms with Crippen molar-refractivity contribution in [3.63, 3.8) is 0 Å². The van der Waals surface area contributed by atoms with Crippen LogP contribution < -0.4 is 10.6 Å². The van der Waals surface area contributed by atoms with Gasteiger partial charge in [-0.1, -0.05) is 31.0 Å². The number of urea groups is 1. The van der Waals surface area contributed by atoms with Crippen LogP contribution in [0, 0.1) is 6.92 Å². The second-order valence-electron chi connectivity index (χ2n) is 5.86. The molecule has 0 unspecified atom stereocenters. The highest BCUT2D eigenvalue weighted by Gasteiger charge is 2.47. The second kappa shape index (κ2) is 6.58. The first-order valence-corrected chi connectivity index (χ1v) is 7.85. The van der Waals surface area contributed by atoms with Crippen LogP contribution in [0.2, 0.25) is 5.02 Å². The van der Waals surface area contributed by atoms with Crippen LogP contribution in [0.4, 0.5) is 10.5 Å². The monoisotopic (exact) mass is 337 g/mol. The van der Waals surface area contributed by atoms with Crippen LogP contribution in [0.3, 0.4) is 0 Å². The lowest BCUT2D eigenvalue weighted by Gasteiger charge is -2.20. The van der Waals surface area contributed by atoms with Gasteiger partial charge in [0.25, 0.3) is 5.91 Å². The molecule has 0 spiro atoms. The third-order valence-electron chi connectivity index (χ3n) is 3.94. The van der Waals surface area contributed by atoms with Crippen LogP contribution in [-0.4, -0.2) is 34.8 Å². The van der Waals surface area contributed by atoms with Gasteiger partial charge in [-0.05, 0) is 38.0 Å². The van der Waals surface area contributed by atoms with E-state index in [0.717, 1.165) is 16.9 Å². The number of halogens is 1. The maximum Gasteiger partial charge on any atom is 0.325 e. The quantitative estimate of drug-likeness (QED) is 0.811. The van der Waals surface area contributed by atoms with Gasteiger partial charge in [0, 0.05) is 10.7 Å². The molecule has 0 bridgehead atoms. The molecule has 0 aliphatic carbocycles. The van der Waals surface area contributed by atoms with E-state index in [0.29, 0.717) is 17.1 Å². The molecule has 7 heteroatoms. The van der Waals surface area contributed by atoms with Crippen LogP contribution in [-0.2, 0) is 9.59 Å². The number of benzene rings is 1. The van der Waals surface area contributed by atoms with Gasteiger partial charge in [-0.3, -0.25) is 14.5 Å². The molecule has 1 fully saturated rings. The molecule has 23 heavy (non-hydrogen) atoms. The van der Waals surface area contributed by atoms with Gasteiger partial charge in [-0.15, -0.1) is 0 Å². The lowest BCUT2D eigenvalue weighted by molar-refractivity contribution is -0.133. The Balaban J connectivity index is 2.07. The maximum absolute atomic E-state index is 12.4. The van der Waals surface area contributed by atoms with E-state index >= 15 is 0 Å². The van der Waals surface area contributed by atoms with Crippen molar-refractivity contribution in [2.24, 2.45) is 0 Å². The smallest absolute Gasteiger partial charge is 0.324 e. The van der Waals surface area contributed by atoms with E-state index in [4.69, 9.17) is 11.6 Å². The Hall–Kier alpha value is -2.08. The summed E-state index contributed by atoms with van der Waals surface area (Å²) in [7, 11) is 0. The summed E-state index contributed by atoms with van der Waals surface area (Å²) >= 11 is 6.01. The van der Waals surface area contributed by atoms with Gasteiger partial charge in [-0.2, -0.15) is 0 Å². The molecule has 1 saturated heterocycles. The Morgan fingerprint density at radius 2 is 2.09 bits per heavy atom. The molecule has 0 radical (unpaired) electrons. The first-order chi connectivity index (χ1) is 10.8. The standard InChI is InChI=1S/C16H20ClN3O3/c1-4-8-16(3)14(22)20(15(23)19-16)9-13(21)18-12-7-5-6-11(17)10(12)2/h5-7H,4,8-9H2,1-3H3,(H,18,21)(H,19,23)/t16-/m1/s1. The number of nitrogens with one attached hydrogen (secondary N) is 2. The lowest BCUT2D eigenvalue weighted by atomic mass is 9.96. The molecule has 0 aromatic heterocycles. The molecule has 2 rings (SSSR count). The molecule has 1 aromatic carbocycles. The van der Waals surface area contributed by atoms with Crippen molar-refractivity contribution in [1.29, 1.82) is 0 Å². The highest BCUT2D eigenvalue weighted by Crippen LogP contribution is 2.24. The molecule has 1 heterocycles. The molecule has 0 saturated carbocycles. The predicted octanol–water partition coefficient (Wildman–Crippen LogP) is 2.70. The number of rotatable bonds is 5. The topological polar surface area (TPSA) is 78.5 Å². The van der Waals surface area contributed by atoms with E-state index in [1.807, 2.05) is 6.92 Å². The van der Waals surface area contributed by atoms with Gasteiger partial charge < -0.3 is 10.6 Å². The van der Waals surface area contributed by atoms with Crippen molar-refractivity contribution in [3.05, 3.63) is 28.8 Å². The summed E-state index contributed by atoms with van der Waals surface area (Å²) in [6.07, 6.45) is 1.29. The first-order valence-electron chi connectivity index (χ1n) is 7.47. The zero-order valence-corrected chi connectivity index (χ0v) is 14.2. The van der Waals surface area contributed by atoms with Gasteiger partial charge in [0.1, 0.15) is 12.1 Å². The van der Waals surface area contributed by atoms with Gasteiger partial charge in [0.05, 0.1) is 0 Å². The van der Waals surface area contributed by atoms with E-state index in [-0.39, 0.29) is 12.5 Å². The third kappa shape index (κ3) is 3.47. The van der Waals surface area contributed by atoms with Crippen molar-refractivity contribution in [3.8, 4) is 0 Å². The maximum atomic E-state index is 12.4. The zero-order chi connectivity index (χ0) is 17.2. The minimum atomic E-state index is -0.932. The number of amides is 4. The minimum absolute atomic E-state index is 0.323. The van der Waals surface area contributed by atoms with Crippen molar-refractivity contribution in [2.45, 2.75) is 39.2 Å². The van der Waals surface area contributed by atoms with Crippen molar-refractivity contribution in [1.82, 2.24) is 10.2 Å². The van der Waals surface area contributed by atoms with E-state index in [2.05, 4.69) is 10.6 Å². The first kappa shape index (κ1) is 17.3. The number of hydrogen-bond donors (Lipinski definition) is 2. The minimum Gasteiger partial charge on any atom is -0.324 e. The van der Waals surface area contributed by atoms with Crippen LogP contribution in [0.15, 0.2) is 18.2 Å². The van der Waals surface area contributed by atoms with Crippen molar-refractivity contribution < 1.29 is 14.4 Å². The molecule has 6 nitrogen and oxygen atoms in total. The Labute approximate surface area is 140 Å². The summed E-state index contributed by atoms with van der Waals surface area (Å²) in [6, 6.07) is 4.62. The number of carbonyl (C=O) groups excluding carboxylic acids is 3. The predicted molar refractivity (Wildman–Crippen MR) is 88.4 cm³/mol. The van der Waals surface area contributed by atoms with Crippen molar-refractivity contribution >= 4 is 35.1 Å². The van der Waals surface area contributed by atoms with E-state index in [1.54, 1.807) is 32.0 Å². The lowest BCUT2D eigenvalue weighted by Crippen LogP contribution is -2.44. The van der Waals surface area contributed by atoms with Gasteiger partial charge >= 0.3 is 6.03 Å². The molecule has 124 valence electrons. The normalized spacial score (nSPS) is 20.6. The SMILES string of the molecule is CCC[C@@]1(C)NC(=O)N(CC(=O)Nc2cccc(Cl)c2C)C1=O. The van der Waals surface area contributed by atoms with Gasteiger partial charge in [-0.25, -0.2) is 4.79 Å². The van der Waals surface area contributed by atoms with Crippen LogP contribution >= 0.6 is 11.6 Å². The number of anilines is 1. The van der Waals surface area contributed by atoms with E-state index in [1.165, 1.54) is 0 Å². The highest BCUT2D eigenvalue weighted by molar-refractivity contribution is 6.31. The Morgan fingerprint density at radius 3 is 2.74 bits per heavy atom. The Morgan fingerprint density at radius 1 is 1.39 bits per heavy atom. The van der Waals surface area contributed by atoms with Gasteiger partial charge in [0.15, 0.2) is 0 Å². The largest absolute Gasteiger partial charge is 0.325 e. The molecular weight excluding hydrogens is 318 g/mol. The average Bonchev–Trinajstić information content (AvgIpc) is 2.68. The fourth-order valence-corrected chi connectivity index (χ4v) is 2.81. The fraction of sp³-hybridized carbons (Fsp3) is 0.438. The molecule has 1 aliphatic heterocycles. The summed E-state index contributed by atoms with van der Waals surface area (Å²) in [4.78, 5) is 37.5. The van der Waals surface area contributed by atoms with Crippen LogP contribution in [0.1, 0.15) is 32.3 Å². The Kier molecular flexibility index (Phi) is 4.94. The number of imide groups is 1. The summed E-state index contributed by atoms with van der Waals surface area (Å²) < 4.78 is 0. The van der Waals surface area contributed by atoms with Crippen LogP contribution in [0.5, 0.6) is 0 Å². The summed E-state index contributed by atoms with van der Waals surface area (Å²) in [5, 5.41) is 5.87. The number of hydrogen-bond acceptors (Lipinski definition) is 3. The molecule has 1 atom stereocenters.